The van der Waals surface area contributed by atoms with Gasteiger partial charge in [-0.15, -0.1) is 0 Å². The van der Waals surface area contributed by atoms with Crippen molar-refractivity contribution >= 4 is 5.97 Å². The van der Waals surface area contributed by atoms with Gasteiger partial charge in [0.15, 0.2) is 0 Å². The van der Waals surface area contributed by atoms with Gasteiger partial charge >= 0.3 is 5.97 Å². The molecule has 1 unspecified atom stereocenters. The number of hydrogen-bond acceptors (Lipinski definition) is 2. The molecule has 0 aliphatic heterocycles. The van der Waals surface area contributed by atoms with Crippen LogP contribution in [0.3, 0.4) is 0 Å². The second-order valence-corrected chi connectivity index (χ2v) is 2.23. The van der Waals surface area contributed by atoms with Crippen LogP contribution < -0.4 is 0 Å². The average Bonchev–Trinajstić information content (AvgIpc) is 2.34. The van der Waals surface area contributed by atoms with Gasteiger partial charge in [0.25, 0.3) is 6.17 Å². The zero-order valence-corrected chi connectivity index (χ0v) is 5.87. The van der Waals surface area contributed by atoms with Crippen molar-refractivity contribution < 1.29 is 18.7 Å². The fourth-order valence-electron chi connectivity index (χ4n) is 0.708. The summed E-state index contributed by atoms with van der Waals surface area (Å²) in [4.78, 5) is 10.1. The molecule has 0 saturated heterocycles. The van der Waals surface area contributed by atoms with Gasteiger partial charge in [-0.3, -0.25) is 0 Å². The van der Waals surface area contributed by atoms with E-state index in [9.17, 15) is 9.18 Å². The highest BCUT2D eigenvalue weighted by Gasteiger charge is 2.21. The van der Waals surface area contributed by atoms with Crippen molar-refractivity contribution in [2.75, 3.05) is 0 Å². The Kier molecular flexibility index (Phi) is 1.94. The average molecular weight is 158 g/mol. The molecule has 3 nitrogen and oxygen atoms in total. The van der Waals surface area contributed by atoms with Crippen LogP contribution in [0.4, 0.5) is 4.39 Å². The lowest BCUT2D eigenvalue weighted by atomic mass is 10.2. The third kappa shape index (κ3) is 1.58. The summed E-state index contributed by atoms with van der Waals surface area (Å²) in [7, 11) is 0. The monoisotopic (exact) mass is 158 g/mol. The lowest BCUT2D eigenvalue weighted by molar-refractivity contribution is -0.143. The van der Waals surface area contributed by atoms with E-state index >= 15 is 0 Å². The highest BCUT2D eigenvalue weighted by Crippen LogP contribution is 2.19. The maximum atomic E-state index is 12.6. The summed E-state index contributed by atoms with van der Waals surface area (Å²) in [5.74, 6) is -1.69. The van der Waals surface area contributed by atoms with Crippen LogP contribution in [0.5, 0.6) is 0 Å². The summed E-state index contributed by atoms with van der Waals surface area (Å²) >= 11 is 0. The first-order valence-electron chi connectivity index (χ1n) is 3.03. The maximum absolute atomic E-state index is 12.6. The Morgan fingerprint density at radius 1 is 1.82 bits per heavy atom. The highest BCUT2D eigenvalue weighted by atomic mass is 19.1. The van der Waals surface area contributed by atoms with Gasteiger partial charge in [0.1, 0.15) is 5.76 Å². The van der Waals surface area contributed by atoms with Crippen molar-refractivity contribution in [1.82, 2.24) is 0 Å². The first-order valence-corrected chi connectivity index (χ1v) is 3.03. The van der Waals surface area contributed by atoms with E-state index in [4.69, 9.17) is 5.11 Å². The summed E-state index contributed by atoms with van der Waals surface area (Å²) in [5.41, 5.74) is 0.712. The summed E-state index contributed by atoms with van der Waals surface area (Å²) in [6, 6.07) is 1.36. The zero-order chi connectivity index (χ0) is 8.43. The highest BCUT2D eigenvalue weighted by molar-refractivity contribution is 5.73. The minimum atomic E-state index is -2.05. The van der Waals surface area contributed by atoms with Crippen LogP contribution in [0.25, 0.3) is 0 Å². The van der Waals surface area contributed by atoms with E-state index in [0.29, 0.717) is 5.56 Å². The van der Waals surface area contributed by atoms with Crippen molar-refractivity contribution in [2.24, 2.45) is 0 Å². The van der Waals surface area contributed by atoms with Gasteiger partial charge in [0.05, 0.1) is 6.26 Å². The molecular weight excluding hydrogens is 151 g/mol. The minimum Gasteiger partial charge on any atom is -0.479 e. The zero-order valence-electron chi connectivity index (χ0n) is 5.87. The van der Waals surface area contributed by atoms with Crippen LogP contribution in [0, 0.1) is 6.92 Å². The normalized spacial score (nSPS) is 12.9. The molecule has 0 amide bonds. The Balaban J connectivity index is 2.84. The van der Waals surface area contributed by atoms with Gasteiger partial charge in [0.2, 0.25) is 0 Å². The van der Waals surface area contributed by atoms with E-state index in [2.05, 4.69) is 4.42 Å². The summed E-state index contributed by atoms with van der Waals surface area (Å²) in [6.45, 7) is 1.70. The van der Waals surface area contributed by atoms with Crippen LogP contribution in [-0.4, -0.2) is 11.1 Å². The fraction of sp³-hybridized carbons (Fsp3) is 0.286. The third-order valence-corrected chi connectivity index (χ3v) is 1.22. The van der Waals surface area contributed by atoms with Crippen molar-refractivity contribution in [2.45, 2.75) is 13.1 Å². The van der Waals surface area contributed by atoms with Gasteiger partial charge in [-0.2, -0.15) is 0 Å². The second kappa shape index (κ2) is 2.74. The summed E-state index contributed by atoms with van der Waals surface area (Å²) in [5, 5.41) is 8.21. The SMILES string of the molecule is Cc1coc(C(F)C(=O)O)c1. The topological polar surface area (TPSA) is 50.4 Å². The van der Waals surface area contributed by atoms with Crippen molar-refractivity contribution in [3.05, 3.63) is 23.7 Å². The van der Waals surface area contributed by atoms with Crippen LogP contribution in [-0.2, 0) is 4.79 Å². The molecule has 1 aromatic rings. The summed E-state index contributed by atoms with van der Waals surface area (Å²) < 4.78 is 17.2. The van der Waals surface area contributed by atoms with E-state index in [1.54, 1.807) is 6.92 Å². The number of carboxylic acids is 1. The number of carbonyl (C=O) groups is 1. The molecule has 0 bridgehead atoms. The number of hydrogen-bond donors (Lipinski definition) is 1. The van der Waals surface area contributed by atoms with Gasteiger partial charge in [0, 0.05) is 0 Å². The molecule has 1 aromatic heterocycles. The molecule has 0 fully saturated rings. The van der Waals surface area contributed by atoms with Crippen LogP contribution in [0.15, 0.2) is 16.7 Å². The number of furan rings is 1. The van der Waals surface area contributed by atoms with Crippen LogP contribution in [0.2, 0.25) is 0 Å². The van der Waals surface area contributed by atoms with Crippen molar-refractivity contribution in [3.8, 4) is 0 Å². The molecule has 0 aliphatic carbocycles. The maximum Gasteiger partial charge on any atom is 0.346 e. The Labute approximate surface area is 62.4 Å². The molecule has 1 N–H and O–H groups in total. The molecule has 0 saturated carbocycles. The third-order valence-electron chi connectivity index (χ3n) is 1.22. The number of aliphatic carboxylic acids is 1. The lowest BCUT2D eigenvalue weighted by Crippen LogP contribution is -2.04. The number of halogens is 1. The van der Waals surface area contributed by atoms with Gasteiger partial charge in [-0.05, 0) is 18.6 Å². The van der Waals surface area contributed by atoms with Gasteiger partial charge < -0.3 is 9.52 Å². The Bertz CT molecular complexity index is 266. The molecule has 0 radical (unpaired) electrons. The molecule has 1 rings (SSSR count). The van der Waals surface area contributed by atoms with Crippen LogP contribution in [0.1, 0.15) is 17.5 Å². The van der Waals surface area contributed by atoms with E-state index in [0.717, 1.165) is 0 Å². The fourth-order valence-corrected chi connectivity index (χ4v) is 0.708. The van der Waals surface area contributed by atoms with E-state index in [1.807, 2.05) is 0 Å². The first-order chi connectivity index (χ1) is 5.11. The van der Waals surface area contributed by atoms with Crippen LogP contribution >= 0.6 is 0 Å². The predicted molar refractivity (Wildman–Crippen MR) is 34.9 cm³/mol. The Morgan fingerprint density at radius 3 is 2.82 bits per heavy atom. The van der Waals surface area contributed by atoms with E-state index in [1.165, 1.54) is 12.3 Å². The van der Waals surface area contributed by atoms with Crippen molar-refractivity contribution in [1.29, 1.82) is 0 Å². The Morgan fingerprint density at radius 2 is 2.45 bits per heavy atom. The molecule has 0 aromatic carbocycles. The molecule has 60 valence electrons. The van der Waals surface area contributed by atoms with Gasteiger partial charge in [-0.1, -0.05) is 0 Å². The Hall–Kier alpha value is -1.32. The molecule has 1 atom stereocenters. The minimum absolute atomic E-state index is 0.157. The quantitative estimate of drug-likeness (QED) is 0.712. The lowest BCUT2D eigenvalue weighted by Gasteiger charge is -1.95. The summed E-state index contributed by atoms with van der Waals surface area (Å²) in [6.07, 6.45) is -0.742. The number of rotatable bonds is 2. The largest absolute Gasteiger partial charge is 0.479 e. The number of carboxylic acid groups (broad SMARTS) is 1. The molecule has 0 aliphatic rings. The van der Waals surface area contributed by atoms with E-state index in [-0.39, 0.29) is 5.76 Å². The smallest absolute Gasteiger partial charge is 0.346 e. The van der Waals surface area contributed by atoms with E-state index < -0.39 is 12.1 Å². The molecule has 0 spiro atoms. The predicted octanol–water partition coefficient (Wildman–Crippen LogP) is 1.68. The molecular formula is C7H7FO3. The standard InChI is InChI=1S/C7H7FO3/c1-4-2-5(11-3-4)6(8)7(9)10/h2-3,6H,1H3,(H,9,10). The van der Waals surface area contributed by atoms with Gasteiger partial charge in [-0.25, -0.2) is 9.18 Å². The van der Waals surface area contributed by atoms with Crippen molar-refractivity contribution in [3.63, 3.8) is 0 Å². The number of alkyl halides is 1. The molecule has 1 heterocycles. The second-order valence-electron chi connectivity index (χ2n) is 2.23. The molecule has 11 heavy (non-hydrogen) atoms. The molecule has 4 heteroatoms. The first kappa shape index (κ1) is 7.78. The number of aryl methyl sites for hydroxylation is 1.